The zero-order chi connectivity index (χ0) is 19.6. The number of aliphatic hydroxyl groups is 1. The lowest BCUT2D eigenvalue weighted by molar-refractivity contribution is -0.151. The second-order valence-electron chi connectivity index (χ2n) is 6.01. The van der Waals surface area contributed by atoms with Crippen molar-refractivity contribution < 1.29 is 34.8 Å². The third-order valence-electron chi connectivity index (χ3n) is 4.25. The monoisotopic (exact) mass is 365 g/mol. The van der Waals surface area contributed by atoms with E-state index in [1.165, 1.54) is 18.2 Å². The van der Waals surface area contributed by atoms with Crippen LogP contribution in [-0.2, 0) is 26.3 Å². The molecule has 0 aliphatic heterocycles. The average molecular weight is 365 g/mol. The lowest BCUT2D eigenvalue weighted by atomic mass is 9.83. The zero-order valence-corrected chi connectivity index (χ0v) is 13.5. The van der Waals surface area contributed by atoms with Crippen LogP contribution in [0.3, 0.4) is 0 Å². The Labute approximate surface area is 147 Å². The third-order valence-corrected chi connectivity index (χ3v) is 4.25. The van der Waals surface area contributed by atoms with Crippen LogP contribution in [0.4, 0.5) is 0 Å². The number of fused-ring (bicyclic) bond motifs is 1. The molecule has 0 radical (unpaired) electrons. The number of hydrogen-bond acceptors (Lipinski definition) is 6. The minimum absolute atomic E-state index is 0.0128. The molecular weight excluding hydrogens is 346 g/mol. The lowest BCUT2D eigenvalue weighted by Gasteiger charge is -2.29. The molecule has 140 valence electrons. The van der Waals surface area contributed by atoms with Crippen molar-refractivity contribution >= 4 is 28.8 Å². The van der Waals surface area contributed by atoms with E-state index >= 15 is 0 Å². The summed E-state index contributed by atoms with van der Waals surface area (Å²) in [4.78, 5) is 36.4. The van der Waals surface area contributed by atoms with Crippen LogP contribution in [0.2, 0.25) is 0 Å². The smallest absolute Gasteiger partial charge is 0.331 e. The fourth-order valence-corrected chi connectivity index (χ4v) is 2.71. The molecule has 0 bridgehead atoms. The Bertz CT molecular complexity index is 863. The summed E-state index contributed by atoms with van der Waals surface area (Å²) in [7, 11) is 0. The summed E-state index contributed by atoms with van der Waals surface area (Å²) < 4.78 is 0. The SMILES string of the molecule is NC(Cc1c[nH]c2ccc([C@@](N)(C(=O)O)C(O)CC(=O)O)cc12)C(=O)O. The average Bonchev–Trinajstić information content (AvgIpc) is 2.95. The standard InChI is InChI=1S/C16H19N3O7/c17-10(14(23)24)3-7-6-19-11-2-1-8(4-9(7)11)16(18,15(25)26)12(20)5-13(21)22/h1-2,4,6,10,12,19-20H,3,5,17-18H2,(H,21,22)(H,23,24)(H,25,26)/t10?,12?,16-/m0/s1. The number of carboxylic acids is 3. The van der Waals surface area contributed by atoms with Crippen LogP contribution in [-0.4, -0.2) is 55.5 Å². The Morgan fingerprint density at radius 3 is 2.38 bits per heavy atom. The van der Waals surface area contributed by atoms with E-state index in [1.54, 1.807) is 6.20 Å². The highest BCUT2D eigenvalue weighted by Crippen LogP contribution is 2.29. The number of nitrogens with two attached hydrogens (primary N) is 2. The molecule has 0 fully saturated rings. The number of H-pyrrole nitrogens is 1. The molecule has 9 N–H and O–H groups in total. The topological polar surface area (TPSA) is 200 Å². The molecule has 0 saturated heterocycles. The molecular formula is C16H19N3O7. The van der Waals surface area contributed by atoms with Gasteiger partial charge in [0.25, 0.3) is 0 Å². The summed E-state index contributed by atoms with van der Waals surface area (Å²) in [6, 6.07) is 3.10. The highest BCUT2D eigenvalue weighted by molar-refractivity contribution is 5.89. The van der Waals surface area contributed by atoms with Gasteiger partial charge in [-0.15, -0.1) is 0 Å². The summed E-state index contributed by atoms with van der Waals surface area (Å²) in [6.45, 7) is 0. The maximum atomic E-state index is 11.7. The van der Waals surface area contributed by atoms with Crippen LogP contribution < -0.4 is 11.5 Å². The molecule has 1 aromatic carbocycles. The van der Waals surface area contributed by atoms with Gasteiger partial charge in [0.05, 0.1) is 12.5 Å². The van der Waals surface area contributed by atoms with Crippen molar-refractivity contribution in [3.05, 3.63) is 35.5 Å². The van der Waals surface area contributed by atoms with Crippen LogP contribution in [0, 0.1) is 0 Å². The van der Waals surface area contributed by atoms with E-state index < -0.39 is 42.0 Å². The molecule has 0 aliphatic rings. The maximum Gasteiger partial charge on any atom is 0.331 e. The first kappa shape index (κ1) is 19.4. The van der Waals surface area contributed by atoms with Crippen LogP contribution in [0.25, 0.3) is 10.9 Å². The van der Waals surface area contributed by atoms with Gasteiger partial charge in [-0.25, -0.2) is 4.79 Å². The van der Waals surface area contributed by atoms with Crippen molar-refractivity contribution in [1.82, 2.24) is 4.98 Å². The molecule has 2 aromatic rings. The van der Waals surface area contributed by atoms with Crippen molar-refractivity contribution in [3.8, 4) is 0 Å². The van der Waals surface area contributed by atoms with Gasteiger partial charge in [-0.05, 0) is 23.3 Å². The lowest BCUT2D eigenvalue weighted by Crippen LogP contribution is -2.55. The van der Waals surface area contributed by atoms with Gasteiger partial charge in [-0.2, -0.15) is 0 Å². The minimum Gasteiger partial charge on any atom is -0.481 e. The van der Waals surface area contributed by atoms with E-state index in [0.717, 1.165) is 0 Å². The number of nitrogens with one attached hydrogen (secondary N) is 1. The molecule has 1 aromatic heterocycles. The van der Waals surface area contributed by atoms with E-state index in [2.05, 4.69) is 4.98 Å². The molecule has 0 aliphatic carbocycles. The predicted octanol–water partition coefficient (Wildman–Crippen LogP) is -0.803. The van der Waals surface area contributed by atoms with Gasteiger partial charge in [0, 0.05) is 23.5 Å². The van der Waals surface area contributed by atoms with E-state index in [1.807, 2.05) is 0 Å². The van der Waals surface area contributed by atoms with Gasteiger partial charge in [0.2, 0.25) is 0 Å². The van der Waals surface area contributed by atoms with Crippen LogP contribution in [0.15, 0.2) is 24.4 Å². The highest BCUT2D eigenvalue weighted by atomic mass is 16.4. The minimum atomic E-state index is -2.35. The highest BCUT2D eigenvalue weighted by Gasteiger charge is 2.44. The Kier molecular flexibility index (Phi) is 5.30. The Morgan fingerprint density at radius 2 is 1.85 bits per heavy atom. The molecule has 10 heteroatoms. The summed E-state index contributed by atoms with van der Waals surface area (Å²) >= 11 is 0. The molecule has 26 heavy (non-hydrogen) atoms. The number of rotatable bonds is 8. The third kappa shape index (κ3) is 3.52. The summed E-state index contributed by atoms with van der Waals surface area (Å²) in [6.07, 6.45) is -1.20. The molecule has 0 saturated carbocycles. The molecule has 0 spiro atoms. The Morgan fingerprint density at radius 1 is 1.19 bits per heavy atom. The van der Waals surface area contributed by atoms with Crippen molar-refractivity contribution in [2.45, 2.75) is 30.5 Å². The van der Waals surface area contributed by atoms with Gasteiger partial charge in [0.15, 0.2) is 5.54 Å². The Hall–Kier alpha value is -2.95. The van der Waals surface area contributed by atoms with Crippen molar-refractivity contribution in [1.29, 1.82) is 0 Å². The van der Waals surface area contributed by atoms with Crippen molar-refractivity contribution in [2.75, 3.05) is 0 Å². The molecule has 1 heterocycles. The predicted molar refractivity (Wildman–Crippen MR) is 89.4 cm³/mol. The summed E-state index contributed by atoms with van der Waals surface area (Å²) in [5.41, 5.74) is 10.1. The zero-order valence-electron chi connectivity index (χ0n) is 13.5. The molecule has 0 amide bonds. The number of aromatic nitrogens is 1. The van der Waals surface area contributed by atoms with Crippen LogP contribution in [0.5, 0.6) is 0 Å². The quantitative estimate of drug-likeness (QED) is 0.312. The first-order valence-electron chi connectivity index (χ1n) is 7.58. The van der Waals surface area contributed by atoms with Gasteiger partial charge in [0.1, 0.15) is 6.04 Å². The fraction of sp³-hybridized carbons (Fsp3) is 0.312. The van der Waals surface area contributed by atoms with Crippen molar-refractivity contribution in [3.63, 3.8) is 0 Å². The number of carbonyl (C=O) groups is 3. The number of benzene rings is 1. The number of aliphatic carboxylic acids is 3. The second-order valence-corrected chi connectivity index (χ2v) is 6.01. The van der Waals surface area contributed by atoms with E-state index in [-0.39, 0.29) is 12.0 Å². The second kappa shape index (κ2) is 7.12. The maximum absolute atomic E-state index is 11.7. The molecule has 10 nitrogen and oxygen atoms in total. The van der Waals surface area contributed by atoms with Crippen LogP contribution >= 0.6 is 0 Å². The molecule has 2 rings (SSSR count). The van der Waals surface area contributed by atoms with Gasteiger partial charge in [-0.3, -0.25) is 9.59 Å². The number of carboxylic acid groups (broad SMARTS) is 3. The Balaban J connectivity index is 2.52. The number of hydrogen-bond donors (Lipinski definition) is 7. The number of aliphatic hydroxyl groups excluding tert-OH is 1. The van der Waals surface area contributed by atoms with E-state index in [9.17, 15) is 24.6 Å². The first-order chi connectivity index (χ1) is 12.1. The number of aromatic amines is 1. The van der Waals surface area contributed by atoms with E-state index in [0.29, 0.717) is 16.5 Å². The largest absolute Gasteiger partial charge is 0.481 e. The van der Waals surface area contributed by atoms with Gasteiger partial charge >= 0.3 is 17.9 Å². The fourth-order valence-electron chi connectivity index (χ4n) is 2.71. The van der Waals surface area contributed by atoms with E-state index in [4.69, 9.17) is 21.7 Å². The van der Waals surface area contributed by atoms with Crippen molar-refractivity contribution in [2.24, 2.45) is 11.5 Å². The van der Waals surface area contributed by atoms with Gasteiger partial charge < -0.3 is 36.9 Å². The molecule has 3 atom stereocenters. The first-order valence-corrected chi connectivity index (χ1v) is 7.58. The van der Waals surface area contributed by atoms with Gasteiger partial charge in [-0.1, -0.05) is 6.07 Å². The molecule has 2 unspecified atom stereocenters. The normalized spacial score (nSPS) is 16.0. The summed E-state index contributed by atoms with van der Waals surface area (Å²) in [5.74, 6) is -4.18. The van der Waals surface area contributed by atoms with Crippen LogP contribution in [0.1, 0.15) is 17.5 Å². The summed E-state index contributed by atoms with van der Waals surface area (Å²) in [5, 5.41) is 37.8.